The molecule has 2 heterocycles. The first-order chi connectivity index (χ1) is 14.4. The van der Waals surface area contributed by atoms with Crippen LogP contribution in [0.4, 0.5) is 11.4 Å². The van der Waals surface area contributed by atoms with Crippen molar-refractivity contribution in [2.75, 3.05) is 16.8 Å². The zero-order chi connectivity index (χ0) is 21.3. The van der Waals surface area contributed by atoms with Gasteiger partial charge in [-0.15, -0.1) is 0 Å². The molecule has 1 aliphatic rings. The zero-order valence-corrected chi connectivity index (χ0v) is 16.1. The van der Waals surface area contributed by atoms with Crippen molar-refractivity contribution in [2.24, 2.45) is 0 Å². The molecule has 0 saturated carbocycles. The summed E-state index contributed by atoms with van der Waals surface area (Å²) in [6.07, 6.45) is 0.129. The molecule has 0 bridgehead atoms. The first-order valence-electron chi connectivity index (χ1n) is 9.28. The van der Waals surface area contributed by atoms with Crippen LogP contribution in [0.5, 0.6) is 0 Å². The Morgan fingerprint density at radius 1 is 1.13 bits per heavy atom. The predicted octanol–water partition coefficient (Wildman–Crippen LogP) is 1.31. The maximum Gasteiger partial charge on any atom is 0.326 e. The lowest BCUT2D eigenvalue weighted by Gasteiger charge is -2.30. The van der Waals surface area contributed by atoms with E-state index in [0.717, 1.165) is 4.57 Å². The number of ether oxygens (including phenoxy) is 1. The number of nitrogens with zero attached hydrogens (tertiary/aromatic N) is 3. The van der Waals surface area contributed by atoms with Gasteiger partial charge in [-0.1, -0.05) is 24.3 Å². The minimum Gasteiger partial charge on any atom is -0.451 e. The second-order valence-electron chi connectivity index (χ2n) is 6.82. The first-order valence-corrected chi connectivity index (χ1v) is 9.28. The maximum absolute atomic E-state index is 12.8. The number of fused-ring (bicyclic) bond motifs is 2. The lowest BCUT2D eigenvalue weighted by atomic mass is 10.1. The smallest absolute Gasteiger partial charge is 0.326 e. The highest BCUT2D eigenvalue weighted by atomic mass is 16.5. The summed E-state index contributed by atoms with van der Waals surface area (Å²) in [4.78, 5) is 55.0. The normalized spacial score (nSPS) is 14.0. The summed E-state index contributed by atoms with van der Waals surface area (Å²) in [6.45, 7) is 0.869. The third kappa shape index (κ3) is 3.64. The molecule has 2 aromatic carbocycles. The molecule has 0 radical (unpaired) electrons. The largest absolute Gasteiger partial charge is 0.451 e. The number of aromatic nitrogens is 2. The third-order valence-electron chi connectivity index (χ3n) is 4.72. The lowest BCUT2D eigenvalue weighted by molar-refractivity contribution is -0.154. The van der Waals surface area contributed by atoms with E-state index in [0.29, 0.717) is 22.3 Å². The molecule has 4 rings (SSSR count). The average Bonchev–Trinajstić information content (AvgIpc) is 2.74. The Bertz CT molecular complexity index is 1220. The second kappa shape index (κ2) is 7.78. The van der Waals surface area contributed by atoms with Crippen molar-refractivity contribution in [2.45, 2.75) is 19.6 Å². The van der Waals surface area contributed by atoms with Gasteiger partial charge in [-0.2, -0.15) is 0 Å². The van der Waals surface area contributed by atoms with Crippen LogP contribution in [0.15, 0.2) is 59.7 Å². The van der Waals surface area contributed by atoms with Crippen LogP contribution >= 0.6 is 0 Å². The number of rotatable bonds is 4. The van der Waals surface area contributed by atoms with E-state index in [1.165, 1.54) is 18.2 Å². The SMILES string of the molecule is C[C@@H](OC(=O)Cn1cnc2ccccc2c1=O)C(=O)N1CC(=O)Nc2ccccc21. The first kappa shape index (κ1) is 19.3. The molecule has 0 fully saturated rings. The number of amides is 2. The summed E-state index contributed by atoms with van der Waals surface area (Å²) in [5.41, 5.74) is 1.19. The number of nitrogens with one attached hydrogen (secondary N) is 1. The number of hydrogen-bond donors (Lipinski definition) is 1. The average molecular weight is 406 g/mol. The Morgan fingerprint density at radius 3 is 2.70 bits per heavy atom. The van der Waals surface area contributed by atoms with Crippen LogP contribution in [0, 0.1) is 0 Å². The van der Waals surface area contributed by atoms with Crippen LogP contribution in [0.1, 0.15) is 6.92 Å². The van der Waals surface area contributed by atoms with E-state index in [9.17, 15) is 19.2 Å². The molecule has 1 aromatic heterocycles. The van der Waals surface area contributed by atoms with Crippen molar-refractivity contribution in [3.63, 3.8) is 0 Å². The van der Waals surface area contributed by atoms with Crippen LogP contribution in [-0.4, -0.2) is 40.0 Å². The fourth-order valence-corrected chi connectivity index (χ4v) is 3.29. The number of hydrogen-bond acceptors (Lipinski definition) is 6. The Hall–Kier alpha value is -4.01. The van der Waals surface area contributed by atoms with Gasteiger partial charge in [0, 0.05) is 0 Å². The summed E-state index contributed by atoms with van der Waals surface area (Å²) in [7, 11) is 0. The number of carbonyl (C=O) groups is 3. The second-order valence-corrected chi connectivity index (χ2v) is 6.82. The third-order valence-corrected chi connectivity index (χ3v) is 4.72. The van der Waals surface area contributed by atoms with Crippen molar-refractivity contribution in [3.8, 4) is 0 Å². The molecule has 0 unspecified atom stereocenters. The summed E-state index contributed by atoms with van der Waals surface area (Å²) in [5, 5.41) is 3.07. The minimum absolute atomic E-state index is 0.175. The molecule has 1 aliphatic heterocycles. The van der Waals surface area contributed by atoms with Crippen LogP contribution in [0.25, 0.3) is 10.9 Å². The summed E-state index contributed by atoms with van der Waals surface area (Å²) >= 11 is 0. The fourth-order valence-electron chi connectivity index (χ4n) is 3.29. The van der Waals surface area contributed by atoms with Crippen molar-refractivity contribution in [3.05, 3.63) is 65.2 Å². The summed E-state index contributed by atoms with van der Waals surface area (Å²) in [6, 6.07) is 13.7. The monoisotopic (exact) mass is 406 g/mol. The van der Waals surface area contributed by atoms with Gasteiger partial charge in [0.2, 0.25) is 5.91 Å². The van der Waals surface area contributed by atoms with E-state index < -0.39 is 18.0 Å². The van der Waals surface area contributed by atoms with Gasteiger partial charge in [-0.05, 0) is 31.2 Å². The molecule has 1 atom stereocenters. The van der Waals surface area contributed by atoms with Gasteiger partial charge >= 0.3 is 5.97 Å². The van der Waals surface area contributed by atoms with Crippen molar-refractivity contribution >= 4 is 40.1 Å². The standard InChI is InChI=1S/C21H18N4O5/c1-13(20(28)25-10-18(26)23-16-8-4-5-9-17(16)25)30-19(27)11-24-12-22-15-7-3-2-6-14(15)21(24)29/h2-9,12-13H,10-11H2,1H3,(H,23,26)/t13-/m1/s1. The molecule has 9 nitrogen and oxygen atoms in total. The molecular weight excluding hydrogens is 388 g/mol. The highest BCUT2D eigenvalue weighted by Crippen LogP contribution is 2.29. The van der Waals surface area contributed by atoms with Crippen molar-refractivity contribution in [1.29, 1.82) is 0 Å². The van der Waals surface area contributed by atoms with Gasteiger partial charge in [0.1, 0.15) is 13.1 Å². The number of para-hydroxylation sites is 3. The topological polar surface area (TPSA) is 111 Å². The zero-order valence-electron chi connectivity index (χ0n) is 16.1. The van der Waals surface area contributed by atoms with Crippen LogP contribution < -0.4 is 15.8 Å². The van der Waals surface area contributed by atoms with E-state index in [1.54, 1.807) is 48.5 Å². The number of anilines is 2. The van der Waals surface area contributed by atoms with Gasteiger partial charge in [0.05, 0.1) is 28.6 Å². The number of carbonyl (C=O) groups excluding carboxylic acids is 3. The molecule has 30 heavy (non-hydrogen) atoms. The molecule has 0 spiro atoms. The number of benzene rings is 2. The van der Waals surface area contributed by atoms with E-state index >= 15 is 0 Å². The van der Waals surface area contributed by atoms with E-state index in [1.807, 2.05) is 0 Å². The van der Waals surface area contributed by atoms with Crippen molar-refractivity contribution in [1.82, 2.24) is 9.55 Å². The minimum atomic E-state index is -1.14. The van der Waals surface area contributed by atoms with Crippen molar-refractivity contribution < 1.29 is 19.1 Å². The predicted molar refractivity (Wildman–Crippen MR) is 109 cm³/mol. The molecule has 2 amide bonds. The Kier molecular flexibility index (Phi) is 5.01. The molecular formula is C21H18N4O5. The van der Waals surface area contributed by atoms with E-state index in [-0.39, 0.29) is 24.6 Å². The maximum atomic E-state index is 12.8. The highest BCUT2D eigenvalue weighted by molar-refractivity contribution is 6.11. The van der Waals surface area contributed by atoms with E-state index in [2.05, 4.69) is 10.3 Å². The van der Waals surface area contributed by atoms with Gasteiger partial charge in [-0.25, -0.2) is 4.98 Å². The Balaban J connectivity index is 1.48. The van der Waals surface area contributed by atoms with Gasteiger partial charge in [0.15, 0.2) is 6.10 Å². The van der Waals surface area contributed by atoms with Crippen LogP contribution in [0.3, 0.4) is 0 Å². The molecule has 9 heteroatoms. The van der Waals surface area contributed by atoms with Crippen LogP contribution in [0.2, 0.25) is 0 Å². The highest BCUT2D eigenvalue weighted by Gasteiger charge is 2.31. The molecule has 152 valence electrons. The molecule has 0 aliphatic carbocycles. The Labute approximate surface area is 170 Å². The fraction of sp³-hybridized carbons (Fsp3) is 0.190. The van der Waals surface area contributed by atoms with Crippen LogP contribution in [-0.2, 0) is 25.7 Å². The van der Waals surface area contributed by atoms with E-state index in [4.69, 9.17) is 4.74 Å². The summed E-state index contributed by atoms with van der Waals surface area (Å²) in [5.74, 6) is -1.63. The summed E-state index contributed by atoms with van der Waals surface area (Å²) < 4.78 is 6.37. The van der Waals surface area contributed by atoms with Gasteiger partial charge < -0.3 is 10.1 Å². The number of esters is 1. The Morgan fingerprint density at radius 2 is 1.87 bits per heavy atom. The quantitative estimate of drug-likeness (QED) is 0.654. The molecule has 3 aromatic rings. The molecule has 1 N–H and O–H groups in total. The lowest BCUT2D eigenvalue weighted by Crippen LogP contribution is -2.47. The van der Waals surface area contributed by atoms with Gasteiger partial charge in [-0.3, -0.25) is 28.6 Å². The molecule has 0 saturated heterocycles. The van der Waals surface area contributed by atoms with Gasteiger partial charge in [0.25, 0.3) is 11.5 Å².